The van der Waals surface area contributed by atoms with E-state index in [1.165, 1.54) is 16.0 Å². The minimum atomic E-state index is -0.742. The second kappa shape index (κ2) is 9.90. The fraction of sp³-hybridized carbons (Fsp3) is 0.158. The van der Waals surface area contributed by atoms with Gasteiger partial charge >= 0.3 is 5.97 Å². The van der Waals surface area contributed by atoms with Gasteiger partial charge in [0.25, 0.3) is 0 Å². The number of thiol groups is 1. The Morgan fingerprint density at radius 3 is 2.08 bits per heavy atom. The third kappa shape index (κ3) is 5.51. The molecule has 0 saturated carbocycles. The lowest BCUT2D eigenvalue weighted by Crippen LogP contribution is -1.93. The largest absolute Gasteiger partial charge is 0.481 e. The maximum Gasteiger partial charge on any atom is 0.303 e. The summed E-state index contributed by atoms with van der Waals surface area (Å²) in [6.07, 6.45) is 0.905. The van der Waals surface area contributed by atoms with E-state index < -0.39 is 5.97 Å². The molecule has 0 amide bonds. The molecule has 0 radical (unpaired) electrons. The number of rotatable bonds is 5. The van der Waals surface area contributed by atoms with E-state index in [1.807, 2.05) is 29.8 Å². The van der Waals surface area contributed by atoms with Crippen molar-refractivity contribution in [2.45, 2.75) is 12.8 Å². The van der Waals surface area contributed by atoms with Gasteiger partial charge < -0.3 is 5.11 Å². The summed E-state index contributed by atoms with van der Waals surface area (Å²) in [6, 6.07) is 20.7. The zero-order chi connectivity index (χ0) is 17.2. The molecule has 124 valence electrons. The number of aliphatic carboxylic acids is 1. The first-order valence-electron chi connectivity index (χ1n) is 7.59. The third-order valence-electron chi connectivity index (χ3n) is 3.20. The molecule has 0 atom stereocenters. The quantitative estimate of drug-likeness (QED) is 0.613. The Hall–Kier alpha value is -2.11. The van der Waals surface area contributed by atoms with Gasteiger partial charge in [-0.1, -0.05) is 60.7 Å². The summed E-state index contributed by atoms with van der Waals surface area (Å²) < 4.78 is 0. The van der Waals surface area contributed by atoms with Crippen LogP contribution in [0.4, 0.5) is 0 Å². The number of hydrogen-bond acceptors (Lipinski definition) is 4. The van der Waals surface area contributed by atoms with Crippen LogP contribution >= 0.6 is 24.0 Å². The van der Waals surface area contributed by atoms with E-state index in [2.05, 4.69) is 54.0 Å². The Bertz CT molecular complexity index is 688. The molecule has 5 heteroatoms. The maximum atomic E-state index is 9.72. The second-order valence-electron chi connectivity index (χ2n) is 4.98. The van der Waals surface area contributed by atoms with Crippen LogP contribution in [-0.4, -0.2) is 21.8 Å². The molecule has 0 fully saturated rings. The Morgan fingerprint density at radius 2 is 1.58 bits per heavy atom. The van der Waals surface area contributed by atoms with Gasteiger partial charge in [-0.3, -0.25) is 4.79 Å². The summed E-state index contributed by atoms with van der Waals surface area (Å²) in [5, 5.41) is 8.01. The molecule has 24 heavy (non-hydrogen) atoms. The monoisotopic (exact) mass is 357 g/mol. The first-order valence-corrected chi connectivity index (χ1v) is 9.10. The summed E-state index contributed by atoms with van der Waals surface area (Å²) >= 11 is 5.52. The lowest BCUT2D eigenvalue weighted by atomic mass is 10.1. The van der Waals surface area contributed by atoms with Gasteiger partial charge in [0.2, 0.25) is 0 Å². The Balaban J connectivity index is 0.000000256. The topological polar surface area (TPSA) is 50.2 Å². The Labute approximate surface area is 151 Å². The normalized spacial score (nSPS) is 9.88. The number of aromatic nitrogens is 1. The molecule has 0 spiro atoms. The third-order valence-corrected chi connectivity index (χ3v) is 4.39. The molecule has 3 aromatic rings. The highest BCUT2D eigenvalue weighted by Crippen LogP contribution is 2.34. The van der Waals surface area contributed by atoms with Gasteiger partial charge in [0.15, 0.2) is 0 Å². The van der Waals surface area contributed by atoms with Crippen molar-refractivity contribution >= 4 is 29.9 Å². The molecule has 3 rings (SSSR count). The molecule has 3 nitrogen and oxygen atoms in total. The Kier molecular flexibility index (Phi) is 7.52. The average Bonchev–Trinajstić information content (AvgIpc) is 3.12. The number of hydrogen-bond donors (Lipinski definition) is 2. The van der Waals surface area contributed by atoms with Crippen molar-refractivity contribution in [2.24, 2.45) is 0 Å². The molecular formula is C19H19NO2S2. The number of benzene rings is 2. The van der Waals surface area contributed by atoms with Crippen molar-refractivity contribution in [1.29, 1.82) is 0 Å². The van der Waals surface area contributed by atoms with E-state index in [9.17, 15) is 4.79 Å². The van der Waals surface area contributed by atoms with Gasteiger partial charge in [0.05, 0.1) is 16.1 Å². The number of thiazole rings is 1. The molecule has 2 aromatic carbocycles. The van der Waals surface area contributed by atoms with Crippen LogP contribution in [0.5, 0.6) is 0 Å². The van der Waals surface area contributed by atoms with Gasteiger partial charge in [-0.15, -0.1) is 11.3 Å². The van der Waals surface area contributed by atoms with E-state index >= 15 is 0 Å². The average molecular weight is 358 g/mol. The van der Waals surface area contributed by atoms with Gasteiger partial charge in [0.1, 0.15) is 0 Å². The van der Waals surface area contributed by atoms with Crippen molar-refractivity contribution in [1.82, 2.24) is 4.98 Å². The highest BCUT2D eigenvalue weighted by atomic mass is 32.1. The van der Waals surface area contributed by atoms with Gasteiger partial charge in [-0.2, -0.15) is 12.6 Å². The summed E-state index contributed by atoms with van der Waals surface area (Å²) in [6.45, 7) is 0. The van der Waals surface area contributed by atoms with Gasteiger partial charge in [-0.05, 0) is 17.7 Å². The van der Waals surface area contributed by atoms with Crippen LogP contribution in [0.1, 0.15) is 12.8 Å². The predicted molar refractivity (Wildman–Crippen MR) is 104 cm³/mol. The van der Waals surface area contributed by atoms with E-state index in [0.717, 1.165) is 5.69 Å². The van der Waals surface area contributed by atoms with E-state index in [4.69, 9.17) is 5.11 Å². The number of nitrogens with zero attached hydrogens (tertiary/aromatic N) is 1. The number of carboxylic acids is 1. The molecule has 0 aliphatic rings. The van der Waals surface area contributed by atoms with Crippen LogP contribution in [0.25, 0.3) is 21.7 Å². The lowest BCUT2D eigenvalue weighted by Gasteiger charge is -2.02. The van der Waals surface area contributed by atoms with Crippen molar-refractivity contribution in [3.8, 4) is 21.7 Å². The van der Waals surface area contributed by atoms with Crippen molar-refractivity contribution in [3.05, 3.63) is 66.2 Å². The molecule has 0 bridgehead atoms. The minimum Gasteiger partial charge on any atom is -0.481 e. The molecule has 0 saturated heterocycles. The fourth-order valence-electron chi connectivity index (χ4n) is 2.07. The predicted octanol–water partition coefficient (Wildman–Crippen LogP) is 5.26. The molecule has 1 heterocycles. The van der Waals surface area contributed by atoms with Crippen LogP contribution in [0.3, 0.4) is 0 Å². The number of carboxylic acid groups (broad SMARTS) is 1. The van der Waals surface area contributed by atoms with Gasteiger partial charge in [-0.25, -0.2) is 4.98 Å². The summed E-state index contributed by atoms with van der Waals surface area (Å²) in [5.41, 5.74) is 5.38. The van der Waals surface area contributed by atoms with Crippen LogP contribution in [-0.2, 0) is 4.79 Å². The molecule has 0 unspecified atom stereocenters. The lowest BCUT2D eigenvalue weighted by molar-refractivity contribution is -0.137. The van der Waals surface area contributed by atoms with Crippen LogP contribution in [0.15, 0.2) is 66.2 Å². The summed E-state index contributed by atoms with van der Waals surface area (Å²) in [4.78, 5) is 15.4. The van der Waals surface area contributed by atoms with Crippen molar-refractivity contribution < 1.29 is 9.90 Å². The van der Waals surface area contributed by atoms with Crippen molar-refractivity contribution in [3.63, 3.8) is 0 Å². The first kappa shape index (κ1) is 18.2. The zero-order valence-electron chi connectivity index (χ0n) is 13.1. The highest BCUT2D eigenvalue weighted by Gasteiger charge is 2.09. The summed E-state index contributed by atoms with van der Waals surface area (Å²) in [5.74, 6) is -0.0826. The smallest absolute Gasteiger partial charge is 0.303 e. The van der Waals surface area contributed by atoms with Gasteiger partial charge in [0, 0.05) is 12.0 Å². The Morgan fingerprint density at radius 1 is 1.00 bits per heavy atom. The first-order chi connectivity index (χ1) is 11.7. The maximum absolute atomic E-state index is 9.72. The van der Waals surface area contributed by atoms with E-state index in [1.54, 1.807) is 11.3 Å². The SMILES string of the molecule is O=C(O)CCCS.c1ccc(-c2ncsc2-c2ccccc2)cc1. The minimum absolute atomic E-state index is 0.240. The van der Waals surface area contributed by atoms with Crippen LogP contribution < -0.4 is 0 Å². The standard InChI is InChI=1S/C15H11NS.C4H8O2S/c1-3-7-12(8-4-1)14-15(17-11-16-14)13-9-5-2-6-10-13;5-4(6)2-1-3-7/h1-11H;7H,1-3H2,(H,5,6). The molecule has 0 aliphatic heterocycles. The molecule has 0 aliphatic carbocycles. The second-order valence-corrected chi connectivity index (χ2v) is 6.29. The summed E-state index contributed by atoms with van der Waals surface area (Å²) in [7, 11) is 0. The van der Waals surface area contributed by atoms with E-state index in [-0.39, 0.29) is 6.42 Å². The van der Waals surface area contributed by atoms with Crippen LogP contribution in [0, 0.1) is 0 Å². The number of carbonyl (C=O) groups is 1. The fourth-order valence-corrected chi connectivity index (χ4v) is 3.05. The van der Waals surface area contributed by atoms with Crippen LogP contribution in [0.2, 0.25) is 0 Å². The van der Waals surface area contributed by atoms with E-state index in [0.29, 0.717) is 12.2 Å². The molecule has 1 aromatic heterocycles. The molecule has 1 N–H and O–H groups in total. The molecular weight excluding hydrogens is 338 g/mol. The van der Waals surface area contributed by atoms with Crippen molar-refractivity contribution in [2.75, 3.05) is 5.75 Å². The highest BCUT2D eigenvalue weighted by molar-refractivity contribution is 7.80. The zero-order valence-corrected chi connectivity index (χ0v) is 14.8.